The van der Waals surface area contributed by atoms with Gasteiger partial charge in [-0.1, -0.05) is 22.9 Å². The Morgan fingerprint density at radius 2 is 2.38 bits per heavy atom. The highest BCUT2D eigenvalue weighted by Crippen LogP contribution is 2.27. The van der Waals surface area contributed by atoms with Gasteiger partial charge in [0.05, 0.1) is 19.8 Å². The first kappa shape index (κ1) is 16.3. The Morgan fingerprint density at radius 3 is 3.10 bits per heavy atom. The highest BCUT2D eigenvalue weighted by molar-refractivity contribution is 9.10. The van der Waals surface area contributed by atoms with Gasteiger partial charge in [0.1, 0.15) is 6.04 Å². The summed E-state index contributed by atoms with van der Waals surface area (Å²) in [7, 11) is 0. The summed E-state index contributed by atoms with van der Waals surface area (Å²) in [6, 6.07) is 5.38. The monoisotopic (exact) mass is 356 g/mol. The van der Waals surface area contributed by atoms with Gasteiger partial charge >= 0.3 is 0 Å². The summed E-state index contributed by atoms with van der Waals surface area (Å²) >= 11 is 3.41. The summed E-state index contributed by atoms with van der Waals surface area (Å²) in [6.45, 7) is 4.22. The van der Waals surface area contributed by atoms with Crippen LogP contribution in [0.2, 0.25) is 0 Å². The Hall–Kier alpha value is -1.11. The predicted molar refractivity (Wildman–Crippen MR) is 85.3 cm³/mol. The Kier molecular flexibility index (Phi) is 6.02. The quantitative estimate of drug-likeness (QED) is 0.842. The summed E-state index contributed by atoms with van der Waals surface area (Å²) in [6.07, 6.45) is 0.902. The Morgan fingerprint density at radius 1 is 1.57 bits per heavy atom. The summed E-state index contributed by atoms with van der Waals surface area (Å²) in [5, 5.41) is 12.5. The maximum Gasteiger partial charge on any atom is 0.245 e. The lowest BCUT2D eigenvalue weighted by Gasteiger charge is -2.37. The van der Waals surface area contributed by atoms with E-state index >= 15 is 0 Å². The summed E-state index contributed by atoms with van der Waals surface area (Å²) < 4.78 is 6.37. The van der Waals surface area contributed by atoms with Crippen molar-refractivity contribution < 1.29 is 14.6 Å². The highest BCUT2D eigenvalue weighted by Gasteiger charge is 2.30. The summed E-state index contributed by atoms with van der Waals surface area (Å²) in [5.41, 5.74) is 1.69. The fourth-order valence-corrected chi connectivity index (χ4v) is 2.84. The molecule has 1 amide bonds. The van der Waals surface area contributed by atoms with Gasteiger partial charge in [0, 0.05) is 28.8 Å². The molecule has 2 rings (SSSR count). The maximum absolute atomic E-state index is 12.3. The number of carbonyl (C=O) groups excluding carboxylic acids is 1. The van der Waals surface area contributed by atoms with Crippen LogP contribution < -0.4 is 10.2 Å². The number of aliphatic hydroxyl groups is 1. The molecule has 6 heteroatoms. The molecule has 1 aliphatic heterocycles. The molecule has 1 atom stereocenters. The van der Waals surface area contributed by atoms with Gasteiger partial charge in [-0.2, -0.15) is 0 Å². The van der Waals surface area contributed by atoms with E-state index in [2.05, 4.69) is 21.2 Å². The van der Waals surface area contributed by atoms with Crippen LogP contribution in [0, 0.1) is 0 Å². The third-order valence-electron chi connectivity index (χ3n) is 3.50. The average Bonchev–Trinajstić information content (AvgIpc) is 2.52. The van der Waals surface area contributed by atoms with Crippen molar-refractivity contribution in [2.75, 3.05) is 31.2 Å². The zero-order valence-corrected chi connectivity index (χ0v) is 13.7. The van der Waals surface area contributed by atoms with Gasteiger partial charge in [0.25, 0.3) is 0 Å². The smallest absolute Gasteiger partial charge is 0.245 e. The Balaban J connectivity index is 2.24. The third-order valence-corrected chi connectivity index (χ3v) is 3.99. The molecule has 0 aromatic heterocycles. The molecule has 0 bridgehead atoms. The van der Waals surface area contributed by atoms with E-state index in [4.69, 9.17) is 4.74 Å². The van der Waals surface area contributed by atoms with E-state index in [1.54, 1.807) is 0 Å². The molecule has 0 spiro atoms. The molecule has 0 saturated carbocycles. The molecule has 1 saturated heterocycles. The van der Waals surface area contributed by atoms with E-state index in [9.17, 15) is 9.90 Å². The number of hydrogen-bond acceptors (Lipinski definition) is 4. The standard InChI is InChI=1S/C15H21BrN2O3/c1-2-5-17-15(20)14-10-21-7-6-18(14)13-4-3-12(16)8-11(13)9-19/h3-4,8,14,19H,2,5-7,9-10H2,1H3,(H,17,20). The van der Waals surface area contributed by atoms with Gasteiger partial charge in [0.15, 0.2) is 0 Å². The first-order chi connectivity index (χ1) is 10.2. The number of aliphatic hydroxyl groups excluding tert-OH is 1. The van der Waals surface area contributed by atoms with Crippen molar-refractivity contribution in [2.45, 2.75) is 26.0 Å². The molecule has 1 aromatic carbocycles. The predicted octanol–water partition coefficient (Wildman–Crippen LogP) is 1.67. The van der Waals surface area contributed by atoms with Gasteiger partial charge < -0.3 is 20.1 Å². The number of halogens is 1. The number of amides is 1. The molecule has 0 radical (unpaired) electrons. The lowest BCUT2D eigenvalue weighted by Crippen LogP contribution is -2.54. The zero-order valence-electron chi connectivity index (χ0n) is 12.1. The van der Waals surface area contributed by atoms with E-state index in [0.29, 0.717) is 26.3 Å². The minimum atomic E-state index is -0.350. The number of carbonyl (C=O) groups is 1. The zero-order chi connectivity index (χ0) is 15.2. The van der Waals surface area contributed by atoms with E-state index in [1.807, 2.05) is 30.0 Å². The number of nitrogens with zero attached hydrogens (tertiary/aromatic N) is 1. The van der Waals surface area contributed by atoms with Crippen molar-refractivity contribution in [3.8, 4) is 0 Å². The number of morpholine rings is 1. The SMILES string of the molecule is CCCNC(=O)C1COCCN1c1ccc(Br)cc1CO. The molecule has 1 fully saturated rings. The van der Waals surface area contributed by atoms with Gasteiger partial charge in [-0.3, -0.25) is 4.79 Å². The molecule has 1 heterocycles. The first-order valence-corrected chi connectivity index (χ1v) is 7.98. The normalized spacial score (nSPS) is 18.6. The van der Waals surface area contributed by atoms with E-state index in [1.165, 1.54) is 0 Å². The van der Waals surface area contributed by atoms with E-state index in [-0.39, 0.29) is 18.6 Å². The molecule has 21 heavy (non-hydrogen) atoms. The molecular weight excluding hydrogens is 336 g/mol. The van der Waals surface area contributed by atoms with Gasteiger partial charge in [-0.15, -0.1) is 0 Å². The topological polar surface area (TPSA) is 61.8 Å². The number of anilines is 1. The van der Waals surface area contributed by atoms with Crippen LogP contribution in [-0.4, -0.2) is 43.4 Å². The van der Waals surface area contributed by atoms with Crippen molar-refractivity contribution >= 4 is 27.5 Å². The summed E-state index contributed by atoms with van der Waals surface area (Å²) in [5.74, 6) is -0.0247. The van der Waals surface area contributed by atoms with Crippen LogP contribution in [0.1, 0.15) is 18.9 Å². The molecule has 0 aliphatic carbocycles. The number of nitrogens with one attached hydrogen (secondary N) is 1. The third kappa shape index (κ3) is 3.96. The average molecular weight is 357 g/mol. The van der Waals surface area contributed by atoms with Crippen LogP contribution in [-0.2, 0) is 16.1 Å². The summed E-state index contributed by atoms with van der Waals surface area (Å²) in [4.78, 5) is 14.3. The van der Waals surface area contributed by atoms with Crippen LogP contribution >= 0.6 is 15.9 Å². The lowest BCUT2D eigenvalue weighted by atomic mass is 10.1. The van der Waals surface area contributed by atoms with Crippen molar-refractivity contribution in [3.05, 3.63) is 28.2 Å². The molecule has 5 nitrogen and oxygen atoms in total. The maximum atomic E-state index is 12.3. The first-order valence-electron chi connectivity index (χ1n) is 7.18. The van der Waals surface area contributed by atoms with Crippen LogP contribution in [0.5, 0.6) is 0 Å². The molecule has 116 valence electrons. The second kappa shape index (κ2) is 7.77. The van der Waals surface area contributed by atoms with Crippen LogP contribution in [0.15, 0.2) is 22.7 Å². The lowest BCUT2D eigenvalue weighted by molar-refractivity contribution is -0.124. The van der Waals surface area contributed by atoms with Gasteiger partial charge in [-0.05, 0) is 24.6 Å². The van der Waals surface area contributed by atoms with Crippen LogP contribution in [0.25, 0.3) is 0 Å². The second-order valence-corrected chi connectivity index (χ2v) is 5.92. The minimum absolute atomic E-state index is 0.0247. The molecule has 1 aromatic rings. The van der Waals surface area contributed by atoms with E-state index in [0.717, 1.165) is 22.1 Å². The fourth-order valence-electron chi connectivity index (χ4n) is 2.44. The van der Waals surface area contributed by atoms with Crippen molar-refractivity contribution in [1.29, 1.82) is 0 Å². The molecule has 1 unspecified atom stereocenters. The second-order valence-electron chi connectivity index (χ2n) is 5.01. The van der Waals surface area contributed by atoms with E-state index < -0.39 is 0 Å². The van der Waals surface area contributed by atoms with Crippen molar-refractivity contribution in [2.24, 2.45) is 0 Å². The van der Waals surface area contributed by atoms with Gasteiger partial charge in [-0.25, -0.2) is 0 Å². The van der Waals surface area contributed by atoms with Crippen molar-refractivity contribution in [1.82, 2.24) is 5.32 Å². The van der Waals surface area contributed by atoms with Crippen LogP contribution in [0.4, 0.5) is 5.69 Å². The highest BCUT2D eigenvalue weighted by atomic mass is 79.9. The number of benzene rings is 1. The fraction of sp³-hybridized carbons (Fsp3) is 0.533. The number of hydrogen-bond donors (Lipinski definition) is 2. The minimum Gasteiger partial charge on any atom is -0.392 e. The molecular formula is C15H21BrN2O3. The molecule has 1 aliphatic rings. The van der Waals surface area contributed by atoms with Crippen molar-refractivity contribution in [3.63, 3.8) is 0 Å². The van der Waals surface area contributed by atoms with Crippen LogP contribution in [0.3, 0.4) is 0 Å². The number of ether oxygens (including phenoxy) is 1. The largest absolute Gasteiger partial charge is 0.392 e. The van der Waals surface area contributed by atoms with Gasteiger partial charge in [0.2, 0.25) is 5.91 Å². The number of rotatable bonds is 5. The Bertz CT molecular complexity index is 496. The molecule has 2 N–H and O–H groups in total. The Labute approximate surface area is 133 Å².